The van der Waals surface area contributed by atoms with Gasteiger partial charge in [0, 0.05) is 38.4 Å². The van der Waals surface area contributed by atoms with E-state index < -0.39 is 0 Å². The molecular formula is C24H24N2. The molecule has 2 aliphatic rings. The highest BCUT2D eigenvalue weighted by Gasteiger charge is 2.20. The number of nitrogens with zero attached hydrogens (tertiary/aromatic N) is 2. The van der Waals surface area contributed by atoms with Crippen molar-refractivity contribution in [3.8, 4) is 11.1 Å². The number of benzene rings is 3. The first kappa shape index (κ1) is 15.7. The predicted octanol–water partition coefficient (Wildman–Crippen LogP) is 4.58. The molecule has 5 rings (SSSR count). The SMILES string of the molecule is c1ccc(N2CCN(Cc3ccc4c(c3)Cc3ccccc3-4)CC2)cc1. The summed E-state index contributed by atoms with van der Waals surface area (Å²) in [4.78, 5) is 5.08. The normalized spacial score (nSPS) is 16.4. The third-order valence-electron chi connectivity index (χ3n) is 5.76. The molecule has 3 aromatic carbocycles. The Bertz CT molecular complexity index is 909. The van der Waals surface area contributed by atoms with Crippen LogP contribution in [0.2, 0.25) is 0 Å². The molecule has 0 saturated carbocycles. The van der Waals surface area contributed by atoms with Gasteiger partial charge in [-0.3, -0.25) is 4.90 Å². The van der Waals surface area contributed by atoms with E-state index in [1.54, 1.807) is 0 Å². The molecule has 0 N–H and O–H groups in total. The zero-order valence-electron chi connectivity index (χ0n) is 15.1. The monoisotopic (exact) mass is 340 g/mol. The van der Waals surface area contributed by atoms with Crippen molar-refractivity contribution in [2.24, 2.45) is 0 Å². The lowest BCUT2D eigenvalue weighted by atomic mass is 10.0. The van der Waals surface area contributed by atoms with E-state index in [0.717, 1.165) is 39.1 Å². The van der Waals surface area contributed by atoms with Crippen LogP contribution in [0.1, 0.15) is 16.7 Å². The van der Waals surface area contributed by atoms with Gasteiger partial charge in [-0.25, -0.2) is 0 Å². The van der Waals surface area contributed by atoms with Crippen LogP contribution < -0.4 is 4.90 Å². The van der Waals surface area contributed by atoms with E-state index in [-0.39, 0.29) is 0 Å². The molecule has 2 nitrogen and oxygen atoms in total. The molecule has 0 aromatic heterocycles. The first-order valence-corrected chi connectivity index (χ1v) is 9.59. The minimum absolute atomic E-state index is 1.06. The largest absolute Gasteiger partial charge is 0.369 e. The van der Waals surface area contributed by atoms with E-state index in [2.05, 4.69) is 82.6 Å². The Labute approximate surface area is 155 Å². The summed E-state index contributed by atoms with van der Waals surface area (Å²) in [6.45, 7) is 5.55. The summed E-state index contributed by atoms with van der Waals surface area (Å²) >= 11 is 0. The summed E-state index contributed by atoms with van der Waals surface area (Å²) < 4.78 is 0. The highest BCUT2D eigenvalue weighted by molar-refractivity contribution is 5.76. The van der Waals surface area contributed by atoms with Crippen molar-refractivity contribution in [3.63, 3.8) is 0 Å². The Morgan fingerprint density at radius 1 is 0.654 bits per heavy atom. The van der Waals surface area contributed by atoms with E-state index >= 15 is 0 Å². The van der Waals surface area contributed by atoms with E-state index in [1.165, 1.54) is 33.5 Å². The second-order valence-electron chi connectivity index (χ2n) is 7.42. The lowest BCUT2D eigenvalue weighted by Gasteiger charge is -2.36. The topological polar surface area (TPSA) is 6.48 Å². The fraction of sp³-hybridized carbons (Fsp3) is 0.250. The van der Waals surface area contributed by atoms with Gasteiger partial charge in [0.25, 0.3) is 0 Å². The Kier molecular flexibility index (Phi) is 3.99. The van der Waals surface area contributed by atoms with Crippen LogP contribution in [0.15, 0.2) is 72.8 Å². The standard InChI is InChI=1S/C24H24N2/c1-2-7-22(8-3-1)26-14-12-25(13-15-26)18-19-10-11-24-21(16-19)17-20-6-4-5-9-23(20)24/h1-11,16H,12-15,17-18H2. The molecule has 130 valence electrons. The van der Waals surface area contributed by atoms with Crippen LogP contribution in [0.25, 0.3) is 11.1 Å². The molecule has 1 aliphatic carbocycles. The molecule has 0 atom stereocenters. The highest BCUT2D eigenvalue weighted by Crippen LogP contribution is 2.36. The van der Waals surface area contributed by atoms with Gasteiger partial charge in [-0.15, -0.1) is 0 Å². The molecular weight excluding hydrogens is 316 g/mol. The first-order valence-electron chi connectivity index (χ1n) is 9.59. The average molecular weight is 340 g/mol. The van der Waals surface area contributed by atoms with Crippen LogP contribution in [0.5, 0.6) is 0 Å². The van der Waals surface area contributed by atoms with Crippen molar-refractivity contribution in [2.75, 3.05) is 31.1 Å². The van der Waals surface area contributed by atoms with Crippen molar-refractivity contribution in [1.82, 2.24) is 4.90 Å². The van der Waals surface area contributed by atoms with Gasteiger partial charge in [-0.05, 0) is 46.4 Å². The first-order chi connectivity index (χ1) is 12.9. The second kappa shape index (κ2) is 6.62. The molecule has 0 bridgehead atoms. The number of anilines is 1. The number of fused-ring (bicyclic) bond motifs is 3. The molecule has 1 aliphatic heterocycles. The van der Waals surface area contributed by atoms with Gasteiger partial charge < -0.3 is 4.90 Å². The van der Waals surface area contributed by atoms with Gasteiger partial charge in [0.2, 0.25) is 0 Å². The summed E-state index contributed by atoms with van der Waals surface area (Å²) in [6.07, 6.45) is 1.08. The zero-order valence-corrected chi connectivity index (χ0v) is 15.1. The van der Waals surface area contributed by atoms with Crippen LogP contribution in [-0.4, -0.2) is 31.1 Å². The third kappa shape index (κ3) is 2.91. The van der Waals surface area contributed by atoms with E-state index in [4.69, 9.17) is 0 Å². The van der Waals surface area contributed by atoms with Gasteiger partial charge >= 0.3 is 0 Å². The zero-order chi connectivity index (χ0) is 17.3. The van der Waals surface area contributed by atoms with E-state index in [9.17, 15) is 0 Å². The Morgan fingerprint density at radius 2 is 1.38 bits per heavy atom. The molecule has 0 unspecified atom stereocenters. The molecule has 0 amide bonds. The molecule has 0 spiro atoms. The predicted molar refractivity (Wildman–Crippen MR) is 109 cm³/mol. The fourth-order valence-electron chi connectivity index (χ4n) is 4.36. The van der Waals surface area contributed by atoms with Crippen LogP contribution in [-0.2, 0) is 13.0 Å². The molecule has 1 heterocycles. The van der Waals surface area contributed by atoms with Crippen LogP contribution in [0.4, 0.5) is 5.69 Å². The van der Waals surface area contributed by atoms with Gasteiger partial charge in [0.15, 0.2) is 0 Å². The number of para-hydroxylation sites is 1. The fourth-order valence-corrected chi connectivity index (χ4v) is 4.36. The molecule has 26 heavy (non-hydrogen) atoms. The minimum atomic E-state index is 1.06. The third-order valence-corrected chi connectivity index (χ3v) is 5.76. The summed E-state index contributed by atoms with van der Waals surface area (Å²) in [5.41, 5.74) is 8.61. The maximum absolute atomic E-state index is 2.59. The van der Waals surface area contributed by atoms with Crippen LogP contribution in [0, 0.1) is 0 Å². The second-order valence-corrected chi connectivity index (χ2v) is 7.42. The minimum Gasteiger partial charge on any atom is -0.369 e. The lowest BCUT2D eigenvalue weighted by molar-refractivity contribution is 0.250. The van der Waals surface area contributed by atoms with Crippen LogP contribution in [0.3, 0.4) is 0 Å². The molecule has 3 aromatic rings. The maximum Gasteiger partial charge on any atom is 0.0367 e. The summed E-state index contributed by atoms with van der Waals surface area (Å²) in [6, 6.07) is 26.7. The Hall–Kier alpha value is -2.58. The lowest BCUT2D eigenvalue weighted by Crippen LogP contribution is -2.45. The van der Waals surface area contributed by atoms with Crippen molar-refractivity contribution < 1.29 is 0 Å². The van der Waals surface area contributed by atoms with E-state index in [0.29, 0.717) is 0 Å². The number of hydrogen-bond donors (Lipinski definition) is 0. The van der Waals surface area contributed by atoms with Crippen molar-refractivity contribution in [3.05, 3.63) is 89.5 Å². The molecule has 0 radical (unpaired) electrons. The van der Waals surface area contributed by atoms with Crippen molar-refractivity contribution >= 4 is 5.69 Å². The number of piperazine rings is 1. The van der Waals surface area contributed by atoms with Crippen molar-refractivity contribution in [2.45, 2.75) is 13.0 Å². The quantitative estimate of drug-likeness (QED) is 0.539. The molecule has 1 fully saturated rings. The summed E-state index contributed by atoms with van der Waals surface area (Å²) in [5, 5.41) is 0. The van der Waals surface area contributed by atoms with Gasteiger partial charge in [-0.2, -0.15) is 0 Å². The summed E-state index contributed by atoms with van der Waals surface area (Å²) in [7, 11) is 0. The smallest absolute Gasteiger partial charge is 0.0367 e. The van der Waals surface area contributed by atoms with Crippen LogP contribution >= 0.6 is 0 Å². The van der Waals surface area contributed by atoms with Crippen molar-refractivity contribution in [1.29, 1.82) is 0 Å². The molecule has 1 saturated heterocycles. The Morgan fingerprint density at radius 3 is 2.23 bits per heavy atom. The Balaban J connectivity index is 1.25. The number of rotatable bonds is 3. The van der Waals surface area contributed by atoms with Gasteiger partial charge in [0.1, 0.15) is 0 Å². The average Bonchev–Trinajstić information content (AvgIpc) is 3.07. The van der Waals surface area contributed by atoms with E-state index in [1.807, 2.05) is 0 Å². The maximum atomic E-state index is 2.59. The number of hydrogen-bond acceptors (Lipinski definition) is 2. The van der Waals surface area contributed by atoms with Gasteiger partial charge in [-0.1, -0.05) is 60.7 Å². The highest BCUT2D eigenvalue weighted by atomic mass is 15.3. The summed E-state index contributed by atoms with van der Waals surface area (Å²) in [5.74, 6) is 0. The molecule has 2 heteroatoms. The van der Waals surface area contributed by atoms with Gasteiger partial charge in [0.05, 0.1) is 0 Å².